The van der Waals surface area contributed by atoms with Gasteiger partial charge in [0.25, 0.3) is 5.69 Å². The van der Waals surface area contributed by atoms with E-state index in [0.717, 1.165) is 27.8 Å². The van der Waals surface area contributed by atoms with E-state index in [1.54, 1.807) is 13.8 Å². The summed E-state index contributed by atoms with van der Waals surface area (Å²) in [5.74, 6) is 0. The number of aryl methyl sites for hydroxylation is 2. The third-order valence-electron chi connectivity index (χ3n) is 1.90. The third kappa shape index (κ3) is 2.79. The maximum atomic E-state index is 11.0. The third-order valence-corrected chi connectivity index (χ3v) is 3.04. The van der Waals surface area contributed by atoms with Crippen LogP contribution in [-0.2, 0) is 4.79 Å². The van der Waals surface area contributed by atoms with Crippen molar-refractivity contribution in [1.29, 1.82) is 0 Å². The van der Waals surface area contributed by atoms with Gasteiger partial charge in [-0.15, -0.1) is 0 Å². The Hall–Kier alpha value is -1.36. The van der Waals surface area contributed by atoms with Gasteiger partial charge in [-0.3, -0.25) is 14.9 Å². The van der Waals surface area contributed by atoms with Crippen LogP contribution in [0.1, 0.15) is 18.1 Å². The molecular weight excluding hydrogens is 214 g/mol. The molecule has 0 spiro atoms. The number of non-ortho nitro benzene ring substituents is 1. The molecule has 0 radical (unpaired) electrons. The highest BCUT2D eigenvalue weighted by molar-refractivity contribution is 8.13. The average Bonchev–Trinajstić information content (AvgIpc) is 2.10. The number of hydrogen-bond acceptors (Lipinski definition) is 4. The van der Waals surface area contributed by atoms with E-state index in [1.165, 1.54) is 19.1 Å². The fourth-order valence-corrected chi connectivity index (χ4v) is 2.06. The number of nitro groups is 1. The Bertz CT molecular complexity index is 406. The highest BCUT2D eigenvalue weighted by atomic mass is 32.2. The quantitative estimate of drug-likeness (QED) is 0.441. The number of thioether (sulfide) groups is 1. The molecule has 0 N–H and O–H groups in total. The van der Waals surface area contributed by atoms with E-state index >= 15 is 0 Å². The molecule has 15 heavy (non-hydrogen) atoms. The normalized spacial score (nSPS) is 10.1. The largest absolute Gasteiger partial charge is 0.287 e. The zero-order valence-electron chi connectivity index (χ0n) is 8.73. The van der Waals surface area contributed by atoms with Gasteiger partial charge in [-0.05, 0) is 25.0 Å². The van der Waals surface area contributed by atoms with Crippen LogP contribution in [-0.4, -0.2) is 10.0 Å². The van der Waals surface area contributed by atoms with Crippen LogP contribution in [0.15, 0.2) is 17.0 Å². The Morgan fingerprint density at radius 1 is 1.33 bits per heavy atom. The van der Waals surface area contributed by atoms with Gasteiger partial charge in [0, 0.05) is 24.0 Å². The zero-order valence-corrected chi connectivity index (χ0v) is 9.55. The van der Waals surface area contributed by atoms with E-state index in [0.29, 0.717) is 0 Å². The number of nitro benzene ring substituents is 1. The summed E-state index contributed by atoms with van der Waals surface area (Å²) in [5.41, 5.74) is 1.60. The van der Waals surface area contributed by atoms with E-state index in [-0.39, 0.29) is 10.8 Å². The molecule has 0 aliphatic carbocycles. The summed E-state index contributed by atoms with van der Waals surface area (Å²) in [5, 5.41) is 10.6. The molecule has 0 aliphatic heterocycles. The molecular formula is C10H11NO3S. The van der Waals surface area contributed by atoms with Crippen molar-refractivity contribution in [3.05, 3.63) is 33.4 Å². The zero-order chi connectivity index (χ0) is 11.6. The summed E-state index contributed by atoms with van der Waals surface area (Å²) in [6.07, 6.45) is 0. The summed E-state index contributed by atoms with van der Waals surface area (Å²) in [4.78, 5) is 21.9. The number of nitrogens with zero attached hydrogens (tertiary/aromatic N) is 1. The molecule has 5 heteroatoms. The summed E-state index contributed by atoms with van der Waals surface area (Å²) in [7, 11) is 0. The molecule has 0 unspecified atom stereocenters. The molecule has 0 aliphatic rings. The van der Waals surface area contributed by atoms with Gasteiger partial charge in [0.05, 0.1) is 4.92 Å². The van der Waals surface area contributed by atoms with Crippen molar-refractivity contribution in [2.75, 3.05) is 0 Å². The van der Waals surface area contributed by atoms with Gasteiger partial charge >= 0.3 is 0 Å². The van der Waals surface area contributed by atoms with E-state index in [4.69, 9.17) is 0 Å². The Kier molecular flexibility index (Phi) is 3.47. The summed E-state index contributed by atoms with van der Waals surface area (Å²) < 4.78 is 0. The van der Waals surface area contributed by atoms with Gasteiger partial charge < -0.3 is 0 Å². The van der Waals surface area contributed by atoms with Crippen LogP contribution in [0.3, 0.4) is 0 Å². The van der Waals surface area contributed by atoms with Crippen molar-refractivity contribution in [2.24, 2.45) is 0 Å². The summed E-state index contributed by atoms with van der Waals surface area (Å²) in [6, 6.07) is 2.97. The van der Waals surface area contributed by atoms with E-state index in [9.17, 15) is 14.9 Å². The number of carbonyl (C=O) groups excluding carboxylic acids is 1. The molecule has 1 rings (SSSR count). The molecule has 80 valence electrons. The Morgan fingerprint density at radius 2 is 1.80 bits per heavy atom. The predicted octanol–water partition coefficient (Wildman–Crippen LogP) is 2.85. The van der Waals surface area contributed by atoms with Crippen molar-refractivity contribution < 1.29 is 9.72 Å². The second-order valence-electron chi connectivity index (χ2n) is 3.26. The van der Waals surface area contributed by atoms with Crippen molar-refractivity contribution >= 4 is 22.6 Å². The first kappa shape index (κ1) is 11.7. The minimum absolute atomic E-state index is 0.0185. The predicted molar refractivity (Wildman–Crippen MR) is 59.1 cm³/mol. The smallest absolute Gasteiger partial charge is 0.270 e. The maximum absolute atomic E-state index is 11.0. The van der Waals surface area contributed by atoms with Gasteiger partial charge in [-0.1, -0.05) is 11.8 Å². The molecule has 1 aromatic carbocycles. The molecule has 0 saturated carbocycles. The topological polar surface area (TPSA) is 60.2 Å². The number of carbonyl (C=O) groups is 1. The van der Waals surface area contributed by atoms with Crippen molar-refractivity contribution in [2.45, 2.75) is 25.7 Å². The van der Waals surface area contributed by atoms with Gasteiger partial charge in [-0.2, -0.15) is 0 Å². The van der Waals surface area contributed by atoms with E-state index in [1.807, 2.05) is 0 Å². The average molecular weight is 225 g/mol. The standard InChI is InChI=1S/C10H11NO3S/c1-6-4-9(11(13)14)5-7(2)10(6)15-8(3)12/h4-5H,1-3H3. The lowest BCUT2D eigenvalue weighted by atomic mass is 10.1. The highest BCUT2D eigenvalue weighted by Gasteiger charge is 2.13. The van der Waals surface area contributed by atoms with Gasteiger partial charge in [-0.25, -0.2) is 0 Å². The van der Waals surface area contributed by atoms with Crippen LogP contribution >= 0.6 is 11.8 Å². The first-order valence-corrected chi connectivity index (χ1v) is 5.17. The van der Waals surface area contributed by atoms with Gasteiger partial charge in [0.15, 0.2) is 5.12 Å². The molecule has 0 bridgehead atoms. The Balaban J connectivity index is 3.21. The van der Waals surface area contributed by atoms with Crippen molar-refractivity contribution in [3.8, 4) is 0 Å². The van der Waals surface area contributed by atoms with Crippen LogP contribution in [0.25, 0.3) is 0 Å². The lowest BCUT2D eigenvalue weighted by Gasteiger charge is -2.06. The molecule has 0 saturated heterocycles. The van der Waals surface area contributed by atoms with Crippen LogP contribution in [0.2, 0.25) is 0 Å². The van der Waals surface area contributed by atoms with Gasteiger partial charge in [0.2, 0.25) is 0 Å². The highest BCUT2D eigenvalue weighted by Crippen LogP contribution is 2.30. The van der Waals surface area contributed by atoms with E-state index < -0.39 is 4.92 Å². The second-order valence-corrected chi connectivity index (χ2v) is 4.45. The second kappa shape index (κ2) is 4.44. The number of benzene rings is 1. The number of rotatable bonds is 2. The molecule has 0 fully saturated rings. The lowest BCUT2D eigenvalue weighted by Crippen LogP contribution is -1.94. The molecule has 0 heterocycles. The van der Waals surface area contributed by atoms with Crippen LogP contribution < -0.4 is 0 Å². The van der Waals surface area contributed by atoms with E-state index in [2.05, 4.69) is 0 Å². The number of hydrogen-bond donors (Lipinski definition) is 0. The minimum atomic E-state index is -0.428. The van der Waals surface area contributed by atoms with Gasteiger partial charge in [0.1, 0.15) is 0 Å². The minimum Gasteiger partial charge on any atom is -0.287 e. The molecule has 1 aromatic rings. The fourth-order valence-electron chi connectivity index (χ4n) is 1.34. The van der Waals surface area contributed by atoms with Crippen LogP contribution in [0.5, 0.6) is 0 Å². The molecule has 0 aromatic heterocycles. The van der Waals surface area contributed by atoms with Crippen LogP contribution in [0.4, 0.5) is 5.69 Å². The molecule has 0 amide bonds. The molecule has 4 nitrogen and oxygen atoms in total. The van der Waals surface area contributed by atoms with Crippen LogP contribution in [0, 0.1) is 24.0 Å². The monoisotopic (exact) mass is 225 g/mol. The van der Waals surface area contributed by atoms with Crippen molar-refractivity contribution in [3.63, 3.8) is 0 Å². The Labute approximate surface area is 91.8 Å². The lowest BCUT2D eigenvalue weighted by molar-refractivity contribution is -0.385. The molecule has 0 atom stereocenters. The maximum Gasteiger partial charge on any atom is 0.270 e. The summed E-state index contributed by atoms with van der Waals surface area (Å²) >= 11 is 1.11. The first-order chi connectivity index (χ1) is 6.91. The SMILES string of the molecule is CC(=O)Sc1c(C)cc([N+](=O)[O-])cc1C. The van der Waals surface area contributed by atoms with Crippen molar-refractivity contribution in [1.82, 2.24) is 0 Å². The summed E-state index contributed by atoms with van der Waals surface area (Å²) in [6.45, 7) is 5.02. The Morgan fingerprint density at radius 3 is 2.13 bits per heavy atom. The fraction of sp³-hybridized carbons (Fsp3) is 0.300. The first-order valence-electron chi connectivity index (χ1n) is 4.36.